The van der Waals surface area contributed by atoms with E-state index in [2.05, 4.69) is 12.1 Å². The lowest BCUT2D eigenvalue weighted by atomic mass is 10.0. The van der Waals surface area contributed by atoms with Crippen molar-refractivity contribution >= 4 is 5.91 Å². The van der Waals surface area contributed by atoms with Crippen molar-refractivity contribution in [2.24, 2.45) is 0 Å². The van der Waals surface area contributed by atoms with E-state index in [0.717, 1.165) is 12.0 Å². The maximum absolute atomic E-state index is 13.0. The topological polar surface area (TPSA) is 29.5 Å². The zero-order valence-corrected chi connectivity index (χ0v) is 14.0. The molecule has 1 heterocycles. The molecule has 23 heavy (non-hydrogen) atoms. The molecule has 0 aromatic heterocycles. The van der Waals surface area contributed by atoms with Gasteiger partial charge in [0.15, 0.2) is 0 Å². The van der Waals surface area contributed by atoms with Crippen molar-refractivity contribution in [3.05, 3.63) is 71.3 Å². The molecular weight excluding hydrogens is 286 g/mol. The number of hydrogen-bond donors (Lipinski definition) is 0. The number of nitrogens with zero attached hydrogens (tertiary/aromatic N) is 1. The Balaban J connectivity index is 1.86. The highest BCUT2D eigenvalue weighted by atomic mass is 16.5. The second kappa shape index (κ2) is 6.17. The van der Waals surface area contributed by atoms with Crippen LogP contribution in [0.25, 0.3) is 0 Å². The Morgan fingerprint density at radius 1 is 1.13 bits per heavy atom. The fourth-order valence-corrected chi connectivity index (χ4v) is 3.17. The zero-order valence-electron chi connectivity index (χ0n) is 14.0. The summed E-state index contributed by atoms with van der Waals surface area (Å²) in [6.07, 6.45) is 0.807. The minimum Gasteiger partial charge on any atom is -0.354 e. The molecule has 0 bridgehead atoms. The monoisotopic (exact) mass is 309 g/mol. The molecule has 1 aliphatic rings. The van der Waals surface area contributed by atoms with Gasteiger partial charge in [-0.2, -0.15) is 0 Å². The fourth-order valence-electron chi connectivity index (χ4n) is 3.17. The summed E-state index contributed by atoms with van der Waals surface area (Å²) in [4.78, 5) is 14.9. The molecular formula is C20H23NO2. The van der Waals surface area contributed by atoms with E-state index in [4.69, 9.17) is 4.74 Å². The fraction of sp³-hybridized carbons (Fsp3) is 0.350. The van der Waals surface area contributed by atoms with Crippen LogP contribution in [0, 0.1) is 6.92 Å². The normalized spacial score (nSPS) is 19.8. The molecule has 1 aliphatic heterocycles. The Bertz CT molecular complexity index is 677. The van der Waals surface area contributed by atoms with Crippen LogP contribution in [0.5, 0.6) is 0 Å². The SMILES string of the molecule is Cc1ccc(C(=O)N2[C@@H](Cc3ccccc3)COC2(C)C)cc1. The number of carbonyl (C=O) groups excluding carboxylic acids is 1. The minimum atomic E-state index is -0.582. The van der Waals surface area contributed by atoms with Gasteiger partial charge in [0.1, 0.15) is 5.72 Å². The molecule has 2 aromatic rings. The Morgan fingerprint density at radius 2 is 1.78 bits per heavy atom. The molecule has 0 spiro atoms. The highest BCUT2D eigenvalue weighted by Crippen LogP contribution is 2.31. The van der Waals surface area contributed by atoms with Gasteiger partial charge >= 0.3 is 0 Å². The number of carbonyl (C=O) groups is 1. The Kier molecular flexibility index (Phi) is 4.22. The predicted octanol–water partition coefficient (Wildman–Crippen LogP) is 3.81. The van der Waals surface area contributed by atoms with Crippen molar-refractivity contribution in [2.75, 3.05) is 6.61 Å². The number of rotatable bonds is 3. The van der Waals surface area contributed by atoms with Gasteiger partial charge in [-0.05, 0) is 44.9 Å². The van der Waals surface area contributed by atoms with Gasteiger partial charge in [-0.1, -0.05) is 48.0 Å². The lowest BCUT2D eigenvalue weighted by molar-refractivity contribution is -0.0401. The summed E-state index contributed by atoms with van der Waals surface area (Å²) in [7, 11) is 0. The molecule has 3 nitrogen and oxygen atoms in total. The van der Waals surface area contributed by atoms with Crippen molar-refractivity contribution in [3.63, 3.8) is 0 Å². The molecule has 0 aliphatic carbocycles. The highest BCUT2D eigenvalue weighted by molar-refractivity contribution is 5.95. The average molecular weight is 309 g/mol. The van der Waals surface area contributed by atoms with E-state index in [9.17, 15) is 4.79 Å². The number of benzene rings is 2. The summed E-state index contributed by atoms with van der Waals surface area (Å²) in [5.41, 5.74) is 2.51. The van der Waals surface area contributed by atoms with Crippen LogP contribution in [-0.4, -0.2) is 29.2 Å². The Morgan fingerprint density at radius 3 is 2.43 bits per heavy atom. The maximum atomic E-state index is 13.0. The van der Waals surface area contributed by atoms with Crippen LogP contribution in [0.4, 0.5) is 0 Å². The van der Waals surface area contributed by atoms with E-state index in [0.29, 0.717) is 12.2 Å². The summed E-state index contributed by atoms with van der Waals surface area (Å²) >= 11 is 0. The molecule has 1 saturated heterocycles. The van der Waals surface area contributed by atoms with Gasteiger partial charge < -0.3 is 9.64 Å². The third-order valence-electron chi connectivity index (χ3n) is 4.41. The third kappa shape index (κ3) is 3.30. The van der Waals surface area contributed by atoms with Gasteiger partial charge in [-0.25, -0.2) is 0 Å². The molecule has 1 fully saturated rings. The second-order valence-electron chi connectivity index (χ2n) is 6.64. The van der Waals surface area contributed by atoms with Gasteiger partial charge in [0.05, 0.1) is 12.6 Å². The van der Waals surface area contributed by atoms with Crippen LogP contribution in [-0.2, 0) is 11.2 Å². The number of ether oxygens (including phenoxy) is 1. The quantitative estimate of drug-likeness (QED) is 0.863. The van der Waals surface area contributed by atoms with Gasteiger partial charge in [0.25, 0.3) is 5.91 Å². The standard InChI is InChI=1S/C20H23NO2/c1-15-9-11-17(12-10-15)19(22)21-18(14-23-20(21,2)3)13-16-7-5-4-6-8-16/h4-12,18H,13-14H2,1-3H3/t18-/m0/s1. The van der Waals surface area contributed by atoms with Gasteiger partial charge in [-0.15, -0.1) is 0 Å². The van der Waals surface area contributed by atoms with Crippen molar-refractivity contribution in [3.8, 4) is 0 Å². The lowest BCUT2D eigenvalue weighted by Crippen LogP contribution is -2.48. The first-order chi connectivity index (χ1) is 11.0. The van der Waals surface area contributed by atoms with Crippen molar-refractivity contribution in [1.82, 2.24) is 4.90 Å². The number of aryl methyl sites for hydroxylation is 1. The summed E-state index contributed by atoms with van der Waals surface area (Å²) in [6.45, 7) is 6.52. The smallest absolute Gasteiger partial charge is 0.256 e. The summed E-state index contributed by atoms with van der Waals surface area (Å²) < 4.78 is 5.91. The molecule has 1 atom stereocenters. The molecule has 0 radical (unpaired) electrons. The van der Waals surface area contributed by atoms with Crippen molar-refractivity contribution < 1.29 is 9.53 Å². The average Bonchev–Trinajstić information content (AvgIpc) is 2.83. The van der Waals surface area contributed by atoms with Crippen LogP contribution in [0.15, 0.2) is 54.6 Å². The summed E-state index contributed by atoms with van der Waals surface area (Å²) in [6, 6.07) is 18.1. The lowest BCUT2D eigenvalue weighted by Gasteiger charge is -2.34. The molecule has 3 heteroatoms. The molecule has 120 valence electrons. The van der Waals surface area contributed by atoms with Gasteiger partial charge in [0.2, 0.25) is 0 Å². The van der Waals surface area contributed by atoms with Crippen LogP contribution in [0.1, 0.15) is 35.3 Å². The number of amides is 1. The predicted molar refractivity (Wildman–Crippen MR) is 91.3 cm³/mol. The van der Waals surface area contributed by atoms with E-state index in [1.165, 1.54) is 5.56 Å². The molecule has 0 saturated carbocycles. The molecule has 0 unspecified atom stereocenters. The third-order valence-corrected chi connectivity index (χ3v) is 4.41. The van der Waals surface area contributed by atoms with Gasteiger partial charge in [-0.3, -0.25) is 4.79 Å². The van der Waals surface area contributed by atoms with Crippen LogP contribution < -0.4 is 0 Å². The molecule has 3 rings (SSSR count). The van der Waals surface area contributed by atoms with E-state index < -0.39 is 5.72 Å². The number of hydrogen-bond acceptors (Lipinski definition) is 2. The molecule has 2 aromatic carbocycles. The summed E-state index contributed by atoms with van der Waals surface area (Å²) in [5, 5.41) is 0. The van der Waals surface area contributed by atoms with E-state index in [-0.39, 0.29) is 11.9 Å². The first-order valence-electron chi connectivity index (χ1n) is 8.05. The zero-order chi connectivity index (χ0) is 16.4. The second-order valence-corrected chi connectivity index (χ2v) is 6.64. The van der Waals surface area contributed by atoms with Gasteiger partial charge in [0, 0.05) is 5.56 Å². The van der Waals surface area contributed by atoms with Crippen molar-refractivity contribution in [2.45, 2.75) is 39.0 Å². The molecule has 1 amide bonds. The van der Waals surface area contributed by atoms with E-state index in [1.54, 1.807) is 0 Å². The maximum Gasteiger partial charge on any atom is 0.256 e. The highest BCUT2D eigenvalue weighted by Gasteiger charge is 2.43. The minimum absolute atomic E-state index is 0.0356. The first kappa shape index (κ1) is 15.8. The largest absolute Gasteiger partial charge is 0.354 e. The van der Waals surface area contributed by atoms with Crippen LogP contribution in [0.3, 0.4) is 0 Å². The molecule has 0 N–H and O–H groups in total. The Hall–Kier alpha value is -2.13. The Labute approximate surface area is 137 Å². The van der Waals surface area contributed by atoms with E-state index >= 15 is 0 Å². The first-order valence-corrected chi connectivity index (χ1v) is 8.05. The van der Waals surface area contributed by atoms with Crippen LogP contribution >= 0.6 is 0 Å². The van der Waals surface area contributed by atoms with E-state index in [1.807, 2.05) is 68.1 Å². The van der Waals surface area contributed by atoms with Crippen molar-refractivity contribution in [1.29, 1.82) is 0 Å². The van der Waals surface area contributed by atoms with Crippen LogP contribution in [0.2, 0.25) is 0 Å². The summed E-state index contributed by atoms with van der Waals surface area (Å²) in [5.74, 6) is 0.0356.